The fraction of sp³-hybridized carbons (Fsp3) is 0.348. The molecule has 3 aromatic rings. The van der Waals surface area contributed by atoms with E-state index in [1.54, 1.807) is 17.0 Å². The first-order valence-electron chi connectivity index (χ1n) is 10.1. The summed E-state index contributed by atoms with van der Waals surface area (Å²) in [6.07, 6.45) is 3.31. The van der Waals surface area contributed by atoms with Crippen molar-refractivity contribution in [2.75, 3.05) is 31.1 Å². The van der Waals surface area contributed by atoms with Crippen LogP contribution in [-0.4, -0.2) is 47.6 Å². The van der Waals surface area contributed by atoms with Gasteiger partial charge in [-0.2, -0.15) is 0 Å². The molecule has 2 fully saturated rings. The molecule has 0 saturated carbocycles. The van der Waals surface area contributed by atoms with Gasteiger partial charge in [0, 0.05) is 43.6 Å². The van der Waals surface area contributed by atoms with Crippen molar-refractivity contribution in [1.29, 1.82) is 0 Å². The van der Waals surface area contributed by atoms with Crippen molar-refractivity contribution in [2.45, 2.75) is 25.0 Å². The summed E-state index contributed by atoms with van der Waals surface area (Å²) in [5.41, 5.74) is 2.40. The van der Waals surface area contributed by atoms with Gasteiger partial charge in [0.15, 0.2) is 0 Å². The Morgan fingerprint density at radius 1 is 1.03 bits per heavy atom. The SMILES string of the molecule is O=C1N(c2ccc(F)cc2)CCOC12CCN(Cc1ccc3[nH]ccc3c1)CC2. The van der Waals surface area contributed by atoms with Gasteiger partial charge in [0.2, 0.25) is 0 Å². The minimum absolute atomic E-state index is 0.00347. The topological polar surface area (TPSA) is 48.6 Å². The van der Waals surface area contributed by atoms with Gasteiger partial charge in [0.1, 0.15) is 11.4 Å². The minimum atomic E-state index is -0.756. The summed E-state index contributed by atoms with van der Waals surface area (Å²) in [6, 6.07) is 14.7. The number of H-pyrrole nitrogens is 1. The second kappa shape index (κ2) is 7.28. The number of carbonyl (C=O) groups is 1. The van der Waals surface area contributed by atoms with Crippen LogP contribution in [0.3, 0.4) is 0 Å². The number of nitrogens with one attached hydrogen (secondary N) is 1. The van der Waals surface area contributed by atoms with Crippen LogP contribution in [0.2, 0.25) is 0 Å². The number of aromatic amines is 1. The number of ether oxygens (including phenoxy) is 1. The molecule has 1 N–H and O–H groups in total. The molecule has 0 atom stereocenters. The van der Waals surface area contributed by atoms with E-state index in [1.807, 2.05) is 6.20 Å². The van der Waals surface area contributed by atoms with Crippen LogP contribution in [0.4, 0.5) is 10.1 Å². The third-order valence-electron chi connectivity index (χ3n) is 6.15. The smallest absolute Gasteiger partial charge is 0.259 e. The number of benzene rings is 2. The lowest BCUT2D eigenvalue weighted by Crippen LogP contribution is -2.60. The van der Waals surface area contributed by atoms with E-state index >= 15 is 0 Å². The van der Waals surface area contributed by atoms with E-state index in [0.717, 1.165) is 30.8 Å². The standard InChI is InChI=1S/C23H24FN3O2/c24-19-2-4-20(5-3-19)27-13-14-29-23(22(27)28)8-11-26(12-9-23)16-17-1-6-21-18(15-17)7-10-25-21/h1-7,10,15,25H,8-9,11-14,16H2. The number of hydrogen-bond acceptors (Lipinski definition) is 3. The summed E-state index contributed by atoms with van der Waals surface area (Å²) in [6.45, 7) is 3.51. The highest BCUT2D eigenvalue weighted by atomic mass is 19.1. The predicted octanol–water partition coefficient (Wildman–Crippen LogP) is 3.71. The zero-order valence-electron chi connectivity index (χ0n) is 16.2. The van der Waals surface area contributed by atoms with E-state index in [0.29, 0.717) is 26.0 Å². The second-order valence-electron chi connectivity index (χ2n) is 7.95. The van der Waals surface area contributed by atoms with Crippen LogP contribution in [0.15, 0.2) is 54.7 Å². The van der Waals surface area contributed by atoms with E-state index in [-0.39, 0.29) is 11.7 Å². The monoisotopic (exact) mass is 393 g/mol. The van der Waals surface area contributed by atoms with E-state index in [4.69, 9.17) is 4.74 Å². The van der Waals surface area contributed by atoms with Crippen LogP contribution < -0.4 is 4.90 Å². The molecule has 29 heavy (non-hydrogen) atoms. The van der Waals surface area contributed by atoms with Crippen LogP contribution in [0.1, 0.15) is 18.4 Å². The second-order valence-corrected chi connectivity index (χ2v) is 7.95. The normalized spacial score (nSPS) is 19.9. The Morgan fingerprint density at radius 3 is 2.62 bits per heavy atom. The zero-order chi connectivity index (χ0) is 19.8. The summed E-state index contributed by atoms with van der Waals surface area (Å²) in [7, 11) is 0. The molecule has 0 bridgehead atoms. The van der Waals surface area contributed by atoms with E-state index in [9.17, 15) is 9.18 Å². The third kappa shape index (κ3) is 3.43. The Morgan fingerprint density at radius 2 is 1.83 bits per heavy atom. The van der Waals surface area contributed by atoms with Gasteiger partial charge in [-0.05, 0) is 66.3 Å². The zero-order valence-corrected chi connectivity index (χ0v) is 16.2. The van der Waals surface area contributed by atoms with E-state index < -0.39 is 5.60 Å². The molecule has 2 saturated heterocycles. The Bertz CT molecular complexity index is 1020. The van der Waals surface area contributed by atoms with Crippen molar-refractivity contribution in [1.82, 2.24) is 9.88 Å². The summed E-state index contributed by atoms with van der Waals surface area (Å²) in [4.78, 5) is 20.6. The number of aromatic nitrogens is 1. The molecule has 2 aliphatic rings. The molecule has 2 aliphatic heterocycles. The molecule has 1 amide bonds. The molecule has 0 aliphatic carbocycles. The summed E-state index contributed by atoms with van der Waals surface area (Å²) >= 11 is 0. The molecule has 0 unspecified atom stereocenters. The van der Waals surface area contributed by atoms with Gasteiger partial charge in [0.25, 0.3) is 5.91 Å². The molecule has 2 aromatic carbocycles. The molecule has 150 valence electrons. The lowest BCUT2D eigenvalue weighted by Gasteiger charge is -2.46. The molecule has 6 heteroatoms. The molecule has 3 heterocycles. The average Bonchev–Trinajstić information content (AvgIpc) is 3.21. The highest BCUT2D eigenvalue weighted by Crippen LogP contribution is 2.34. The molecule has 0 radical (unpaired) electrons. The number of anilines is 1. The number of nitrogens with zero attached hydrogens (tertiary/aromatic N) is 2. The lowest BCUT2D eigenvalue weighted by molar-refractivity contribution is -0.157. The fourth-order valence-electron chi connectivity index (χ4n) is 4.50. The van der Waals surface area contributed by atoms with Crippen LogP contribution in [0.5, 0.6) is 0 Å². The van der Waals surface area contributed by atoms with Crippen molar-refractivity contribution in [3.63, 3.8) is 0 Å². The Kier molecular flexibility index (Phi) is 4.60. The molecular formula is C23H24FN3O2. The van der Waals surface area contributed by atoms with Crippen LogP contribution in [-0.2, 0) is 16.1 Å². The van der Waals surface area contributed by atoms with Gasteiger partial charge in [-0.15, -0.1) is 0 Å². The summed E-state index contributed by atoms with van der Waals surface area (Å²) in [5, 5.41) is 1.22. The first kappa shape index (κ1) is 18.3. The first-order valence-corrected chi connectivity index (χ1v) is 10.1. The van der Waals surface area contributed by atoms with Gasteiger partial charge in [-0.1, -0.05) is 6.07 Å². The molecular weight excluding hydrogens is 369 g/mol. The number of morpholine rings is 1. The molecule has 5 rings (SSSR count). The van der Waals surface area contributed by atoms with Crippen molar-refractivity contribution < 1.29 is 13.9 Å². The van der Waals surface area contributed by atoms with Crippen molar-refractivity contribution >= 4 is 22.5 Å². The number of amides is 1. The van der Waals surface area contributed by atoms with E-state index in [2.05, 4.69) is 34.1 Å². The third-order valence-corrected chi connectivity index (χ3v) is 6.15. The Labute approximate surface area is 169 Å². The number of piperidine rings is 1. The molecule has 1 aromatic heterocycles. The van der Waals surface area contributed by atoms with Gasteiger partial charge >= 0.3 is 0 Å². The highest BCUT2D eigenvalue weighted by molar-refractivity contribution is 6.00. The number of rotatable bonds is 3. The number of fused-ring (bicyclic) bond motifs is 1. The lowest BCUT2D eigenvalue weighted by atomic mass is 9.88. The predicted molar refractivity (Wildman–Crippen MR) is 110 cm³/mol. The van der Waals surface area contributed by atoms with Gasteiger partial charge in [-0.25, -0.2) is 4.39 Å². The van der Waals surface area contributed by atoms with Crippen molar-refractivity contribution in [2.24, 2.45) is 0 Å². The Hall–Kier alpha value is -2.70. The van der Waals surface area contributed by atoms with Crippen molar-refractivity contribution in [3.05, 3.63) is 66.1 Å². The maximum absolute atomic E-state index is 13.3. The van der Waals surface area contributed by atoms with E-state index in [1.165, 1.54) is 23.1 Å². The first-order chi connectivity index (χ1) is 14.1. The minimum Gasteiger partial charge on any atom is -0.363 e. The van der Waals surface area contributed by atoms with Crippen LogP contribution in [0, 0.1) is 5.82 Å². The number of halogens is 1. The summed E-state index contributed by atoms with van der Waals surface area (Å²) in [5.74, 6) is -0.293. The quantitative estimate of drug-likeness (QED) is 0.738. The van der Waals surface area contributed by atoms with Gasteiger partial charge in [0.05, 0.1) is 6.61 Å². The molecule has 1 spiro atoms. The van der Waals surface area contributed by atoms with Crippen LogP contribution in [0.25, 0.3) is 10.9 Å². The summed E-state index contributed by atoms with van der Waals surface area (Å²) < 4.78 is 19.3. The highest BCUT2D eigenvalue weighted by Gasteiger charge is 2.47. The van der Waals surface area contributed by atoms with Gasteiger partial charge < -0.3 is 14.6 Å². The Balaban J connectivity index is 1.27. The maximum atomic E-state index is 13.3. The maximum Gasteiger partial charge on any atom is 0.259 e. The average molecular weight is 393 g/mol. The fourth-order valence-corrected chi connectivity index (χ4v) is 4.50. The van der Waals surface area contributed by atoms with Crippen molar-refractivity contribution in [3.8, 4) is 0 Å². The number of carbonyl (C=O) groups excluding carboxylic acids is 1. The molecule has 5 nitrogen and oxygen atoms in total. The largest absolute Gasteiger partial charge is 0.363 e. The number of hydrogen-bond donors (Lipinski definition) is 1. The van der Waals surface area contributed by atoms with Gasteiger partial charge in [-0.3, -0.25) is 9.69 Å². The van der Waals surface area contributed by atoms with Crippen LogP contribution >= 0.6 is 0 Å². The number of likely N-dealkylation sites (tertiary alicyclic amines) is 1.